The Hall–Kier alpha value is -2.04. The number of nitrogens with one attached hydrogen (secondary N) is 1. The Morgan fingerprint density at radius 1 is 1.07 bits per heavy atom. The maximum atomic E-state index is 13.5. The van der Waals surface area contributed by atoms with Crippen molar-refractivity contribution in [3.8, 4) is 0 Å². The van der Waals surface area contributed by atoms with Gasteiger partial charge in [-0.15, -0.1) is 11.6 Å². The lowest BCUT2D eigenvalue weighted by molar-refractivity contribution is -0.140. The first-order chi connectivity index (χ1) is 14.5. The number of rotatable bonds is 7. The second-order valence-electron chi connectivity index (χ2n) is 7.85. The average molecular weight is 447 g/mol. The van der Waals surface area contributed by atoms with E-state index in [2.05, 4.69) is 5.32 Å². The van der Waals surface area contributed by atoms with Crippen molar-refractivity contribution < 1.29 is 9.59 Å². The van der Waals surface area contributed by atoms with Crippen LogP contribution in [-0.2, 0) is 16.1 Å². The van der Waals surface area contributed by atoms with Crippen molar-refractivity contribution in [2.75, 3.05) is 5.88 Å². The monoisotopic (exact) mass is 446 g/mol. The molecule has 3 rings (SSSR count). The quantitative estimate of drug-likeness (QED) is 0.578. The summed E-state index contributed by atoms with van der Waals surface area (Å²) < 4.78 is 0. The highest BCUT2D eigenvalue weighted by atomic mass is 35.5. The molecular formula is C24H28Cl2N2O2. The molecular weight excluding hydrogens is 419 g/mol. The Morgan fingerprint density at radius 2 is 1.73 bits per heavy atom. The molecule has 1 aliphatic carbocycles. The van der Waals surface area contributed by atoms with E-state index in [0.717, 1.165) is 42.4 Å². The molecule has 0 bridgehead atoms. The van der Waals surface area contributed by atoms with Gasteiger partial charge in [0.15, 0.2) is 0 Å². The molecule has 0 radical (unpaired) electrons. The highest BCUT2D eigenvalue weighted by molar-refractivity contribution is 6.31. The number of hydrogen-bond acceptors (Lipinski definition) is 2. The van der Waals surface area contributed by atoms with Crippen LogP contribution in [-0.4, -0.2) is 28.6 Å². The maximum absolute atomic E-state index is 13.5. The molecule has 2 amide bonds. The van der Waals surface area contributed by atoms with Gasteiger partial charge in [0.05, 0.1) is 0 Å². The molecule has 0 heterocycles. The van der Waals surface area contributed by atoms with Gasteiger partial charge >= 0.3 is 0 Å². The van der Waals surface area contributed by atoms with E-state index in [-0.39, 0.29) is 30.3 Å². The highest BCUT2D eigenvalue weighted by Gasteiger charge is 2.33. The van der Waals surface area contributed by atoms with Crippen molar-refractivity contribution in [3.05, 3.63) is 70.2 Å². The van der Waals surface area contributed by atoms with Gasteiger partial charge in [-0.05, 0) is 42.5 Å². The Kier molecular flexibility index (Phi) is 8.17. The summed E-state index contributed by atoms with van der Waals surface area (Å²) in [5.74, 6) is -0.672. The number of aryl methyl sites for hydroxylation is 1. The van der Waals surface area contributed by atoms with Crippen LogP contribution in [0.1, 0.15) is 54.8 Å². The summed E-state index contributed by atoms with van der Waals surface area (Å²) in [6.07, 6.45) is 5.38. The van der Waals surface area contributed by atoms with Crippen molar-refractivity contribution in [1.29, 1.82) is 0 Å². The molecule has 2 aromatic carbocycles. The van der Waals surface area contributed by atoms with Gasteiger partial charge in [-0.25, -0.2) is 0 Å². The fraction of sp³-hybridized carbons (Fsp3) is 0.417. The Labute approximate surface area is 188 Å². The third kappa shape index (κ3) is 5.55. The third-order valence-electron chi connectivity index (χ3n) is 5.73. The van der Waals surface area contributed by atoms with Gasteiger partial charge in [0.1, 0.15) is 11.9 Å². The number of carbonyl (C=O) groups excluding carboxylic acids is 2. The summed E-state index contributed by atoms with van der Waals surface area (Å²) in [5, 5.41) is 3.75. The first-order valence-corrected chi connectivity index (χ1v) is 11.4. The molecule has 0 spiro atoms. The van der Waals surface area contributed by atoms with Gasteiger partial charge in [0.2, 0.25) is 11.8 Å². The SMILES string of the molecule is Cc1ccccc1[C@H](C(=O)NC1CCCCC1)N(Cc1ccccc1Cl)C(=O)CCl. The second kappa shape index (κ2) is 10.8. The van der Waals surface area contributed by atoms with Gasteiger partial charge in [-0.1, -0.05) is 73.3 Å². The van der Waals surface area contributed by atoms with Gasteiger partial charge in [-0.2, -0.15) is 0 Å². The van der Waals surface area contributed by atoms with Crippen LogP contribution in [0, 0.1) is 6.92 Å². The van der Waals surface area contributed by atoms with E-state index < -0.39 is 6.04 Å². The van der Waals surface area contributed by atoms with Crippen molar-refractivity contribution in [3.63, 3.8) is 0 Å². The Balaban J connectivity index is 1.98. The molecule has 4 nitrogen and oxygen atoms in total. The zero-order valence-corrected chi connectivity index (χ0v) is 18.8. The molecule has 1 fully saturated rings. The van der Waals surface area contributed by atoms with Crippen LogP contribution in [0.4, 0.5) is 0 Å². The molecule has 160 valence electrons. The van der Waals surface area contributed by atoms with Crippen molar-refractivity contribution >= 4 is 35.0 Å². The number of halogens is 2. The summed E-state index contributed by atoms with van der Waals surface area (Å²) in [6.45, 7) is 2.16. The van der Waals surface area contributed by atoms with Crippen LogP contribution in [0.2, 0.25) is 5.02 Å². The lowest BCUT2D eigenvalue weighted by Gasteiger charge is -2.34. The minimum atomic E-state index is -0.768. The van der Waals surface area contributed by atoms with E-state index in [9.17, 15) is 9.59 Å². The average Bonchev–Trinajstić information content (AvgIpc) is 2.76. The first kappa shape index (κ1) is 22.6. The van der Waals surface area contributed by atoms with Gasteiger partial charge in [0.25, 0.3) is 0 Å². The summed E-state index contributed by atoms with van der Waals surface area (Å²) >= 11 is 12.3. The summed E-state index contributed by atoms with van der Waals surface area (Å²) in [7, 11) is 0. The molecule has 30 heavy (non-hydrogen) atoms. The molecule has 1 aliphatic rings. The summed E-state index contributed by atoms with van der Waals surface area (Å²) in [5.41, 5.74) is 2.53. The van der Waals surface area contributed by atoms with Crippen LogP contribution in [0.25, 0.3) is 0 Å². The van der Waals surface area contributed by atoms with E-state index >= 15 is 0 Å². The first-order valence-electron chi connectivity index (χ1n) is 10.5. The Morgan fingerprint density at radius 3 is 2.40 bits per heavy atom. The normalized spacial score (nSPS) is 15.4. The zero-order valence-electron chi connectivity index (χ0n) is 17.2. The van der Waals surface area contributed by atoms with Gasteiger partial charge in [0, 0.05) is 17.6 Å². The standard InChI is InChI=1S/C24H28Cl2N2O2/c1-17-9-5-7-13-20(17)23(24(30)27-19-11-3-2-4-12-19)28(22(29)15-25)16-18-10-6-8-14-21(18)26/h5-10,13-14,19,23H,2-4,11-12,15-16H2,1H3,(H,27,30)/t23-/m1/s1. The smallest absolute Gasteiger partial charge is 0.247 e. The van der Waals surface area contributed by atoms with Crippen LogP contribution in [0.15, 0.2) is 48.5 Å². The second-order valence-corrected chi connectivity index (χ2v) is 8.52. The zero-order chi connectivity index (χ0) is 21.5. The highest BCUT2D eigenvalue weighted by Crippen LogP contribution is 2.29. The number of benzene rings is 2. The van der Waals surface area contributed by atoms with Crippen molar-refractivity contribution in [2.45, 2.75) is 57.7 Å². The van der Waals surface area contributed by atoms with E-state index in [1.807, 2.05) is 49.4 Å². The fourth-order valence-corrected chi connectivity index (χ4v) is 4.43. The molecule has 0 aromatic heterocycles. The predicted octanol–water partition coefficient (Wildman–Crippen LogP) is 5.41. The van der Waals surface area contributed by atoms with E-state index in [0.29, 0.717) is 5.02 Å². The molecule has 2 aromatic rings. The maximum Gasteiger partial charge on any atom is 0.247 e. The Bertz CT molecular complexity index is 881. The van der Waals surface area contributed by atoms with E-state index in [1.165, 1.54) is 6.42 Å². The lowest BCUT2D eigenvalue weighted by atomic mass is 9.94. The minimum Gasteiger partial charge on any atom is -0.351 e. The topological polar surface area (TPSA) is 49.4 Å². The number of carbonyl (C=O) groups is 2. The number of amides is 2. The lowest BCUT2D eigenvalue weighted by Crippen LogP contribution is -2.47. The van der Waals surface area contributed by atoms with E-state index in [4.69, 9.17) is 23.2 Å². The number of hydrogen-bond donors (Lipinski definition) is 1. The number of nitrogens with zero attached hydrogens (tertiary/aromatic N) is 1. The fourth-order valence-electron chi connectivity index (χ4n) is 4.08. The molecule has 0 saturated heterocycles. The summed E-state index contributed by atoms with van der Waals surface area (Å²) in [4.78, 5) is 28.0. The van der Waals surface area contributed by atoms with Crippen LogP contribution in [0.5, 0.6) is 0 Å². The van der Waals surface area contributed by atoms with Crippen molar-refractivity contribution in [2.24, 2.45) is 0 Å². The van der Waals surface area contributed by atoms with E-state index in [1.54, 1.807) is 11.0 Å². The molecule has 0 unspecified atom stereocenters. The van der Waals surface area contributed by atoms with Gasteiger partial charge in [-0.3, -0.25) is 9.59 Å². The van der Waals surface area contributed by atoms with Gasteiger partial charge < -0.3 is 10.2 Å². The largest absolute Gasteiger partial charge is 0.351 e. The summed E-state index contributed by atoms with van der Waals surface area (Å²) in [6, 6.07) is 14.4. The number of alkyl halides is 1. The van der Waals surface area contributed by atoms with Crippen molar-refractivity contribution in [1.82, 2.24) is 10.2 Å². The molecule has 0 aliphatic heterocycles. The third-order valence-corrected chi connectivity index (χ3v) is 6.33. The molecule has 6 heteroatoms. The van der Waals surface area contributed by atoms with Crippen LogP contribution < -0.4 is 5.32 Å². The van der Waals surface area contributed by atoms with Crippen LogP contribution in [0.3, 0.4) is 0 Å². The van der Waals surface area contributed by atoms with Crippen LogP contribution >= 0.6 is 23.2 Å². The molecule has 1 saturated carbocycles. The molecule has 1 N–H and O–H groups in total. The predicted molar refractivity (Wildman–Crippen MR) is 122 cm³/mol. The molecule has 1 atom stereocenters. The minimum absolute atomic E-state index is 0.144.